The van der Waals surface area contributed by atoms with Gasteiger partial charge in [0, 0.05) is 40.0 Å². The molecular formula is C16H26N2O3S. The summed E-state index contributed by atoms with van der Waals surface area (Å²) in [6.45, 7) is 6.21. The molecule has 1 aromatic heterocycles. The van der Waals surface area contributed by atoms with Gasteiger partial charge >= 0.3 is 6.03 Å². The lowest BCUT2D eigenvalue weighted by Gasteiger charge is -2.29. The summed E-state index contributed by atoms with van der Waals surface area (Å²) in [7, 11) is -0.767. The van der Waals surface area contributed by atoms with Crippen LogP contribution in [0.25, 0.3) is 0 Å². The minimum Gasteiger partial charge on any atom is -0.466 e. The van der Waals surface area contributed by atoms with Gasteiger partial charge in [0.25, 0.3) is 0 Å². The molecule has 2 N–H and O–H groups in total. The second kappa shape index (κ2) is 7.81. The van der Waals surface area contributed by atoms with Crippen molar-refractivity contribution >= 4 is 16.8 Å². The topological polar surface area (TPSA) is 71.3 Å². The molecule has 0 unspecified atom stereocenters. The summed E-state index contributed by atoms with van der Waals surface area (Å²) < 4.78 is 17.4. The third-order valence-electron chi connectivity index (χ3n) is 4.20. The van der Waals surface area contributed by atoms with Crippen LogP contribution in [0.1, 0.15) is 49.7 Å². The van der Waals surface area contributed by atoms with E-state index in [0.717, 1.165) is 42.8 Å². The Kier molecular flexibility index (Phi) is 6.06. The van der Waals surface area contributed by atoms with E-state index in [4.69, 9.17) is 4.42 Å². The number of carbonyl (C=O) groups excluding carboxylic acids is 1. The standard InChI is InChI=1S/C16H26N2O3S/c1-4-22(20)15-7-5-6-14(9-15)18-16(19)17-10-13-8-11(2)21-12(13)3/h8,14-15H,4-7,9-10H2,1-3H3,(H2,17,18,19)/t14-,15-,22+/m1/s1. The normalized spacial score (nSPS) is 23.0. The van der Waals surface area contributed by atoms with Crippen LogP contribution >= 0.6 is 0 Å². The number of urea groups is 1. The molecule has 5 nitrogen and oxygen atoms in total. The molecule has 3 atom stereocenters. The first-order valence-electron chi connectivity index (χ1n) is 7.97. The summed E-state index contributed by atoms with van der Waals surface area (Å²) in [5, 5.41) is 6.11. The molecule has 124 valence electrons. The minimum absolute atomic E-state index is 0.126. The largest absolute Gasteiger partial charge is 0.466 e. The van der Waals surface area contributed by atoms with E-state index in [1.54, 1.807) is 0 Å². The molecule has 1 saturated carbocycles. The van der Waals surface area contributed by atoms with E-state index in [1.807, 2.05) is 26.8 Å². The van der Waals surface area contributed by atoms with Crippen molar-refractivity contribution in [2.75, 3.05) is 5.75 Å². The van der Waals surface area contributed by atoms with E-state index in [9.17, 15) is 9.00 Å². The van der Waals surface area contributed by atoms with Crippen molar-refractivity contribution in [1.82, 2.24) is 10.6 Å². The van der Waals surface area contributed by atoms with Gasteiger partial charge in [0.1, 0.15) is 11.5 Å². The summed E-state index contributed by atoms with van der Waals surface area (Å²) in [6.07, 6.45) is 3.82. The first-order chi connectivity index (χ1) is 10.5. The van der Waals surface area contributed by atoms with E-state index >= 15 is 0 Å². The van der Waals surface area contributed by atoms with E-state index in [2.05, 4.69) is 10.6 Å². The SMILES string of the molecule is CC[S@](=O)[C@@H]1CCC[C@@H](NC(=O)NCc2cc(C)oc2C)C1. The summed E-state index contributed by atoms with van der Waals surface area (Å²) >= 11 is 0. The van der Waals surface area contributed by atoms with Gasteiger partial charge in [0.15, 0.2) is 0 Å². The molecule has 0 aliphatic heterocycles. The summed E-state index contributed by atoms with van der Waals surface area (Å²) in [5.41, 5.74) is 1.00. The van der Waals surface area contributed by atoms with E-state index in [-0.39, 0.29) is 17.3 Å². The Labute approximate surface area is 134 Å². The Bertz CT molecular complexity index is 541. The van der Waals surface area contributed by atoms with Gasteiger partial charge in [-0.15, -0.1) is 0 Å². The number of carbonyl (C=O) groups is 1. The quantitative estimate of drug-likeness (QED) is 0.874. The molecular weight excluding hydrogens is 300 g/mol. The monoisotopic (exact) mass is 326 g/mol. The Hall–Kier alpha value is -1.30. The van der Waals surface area contributed by atoms with E-state index in [0.29, 0.717) is 12.3 Å². The molecule has 0 saturated heterocycles. The number of nitrogens with one attached hydrogen (secondary N) is 2. The molecule has 1 aliphatic carbocycles. The highest BCUT2D eigenvalue weighted by molar-refractivity contribution is 7.85. The molecule has 0 spiro atoms. The summed E-state index contributed by atoms with van der Waals surface area (Å²) in [4.78, 5) is 12.0. The molecule has 1 aliphatic rings. The van der Waals surface area contributed by atoms with Crippen LogP contribution in [-0.2, 0) is 17.3 Å². The van der Waals surface area contributed by atoms with Crippen molar-refractivity contribution in [1.29, 1.82) is 0 Å². The lowest BCUT2D eigenvalue weighted by molar-refractivity contribution is 0.232. The van der Waals surface area contributed by atoms with Crippen LogP contribution < -0.4 is 10.6 Å². The average molecular weight is 326 g/mol. The molecule has 6 heteroatoms. The zero-order chi connectivity index (χ0) is 16.1. The van der Waals surface area contributed by atoms with Crippen LogP contribution in [0.2, 0.25) is 0 Å². The fraction of sp³-hybridized carbons (Fsp3) is 0.688. The molecule has 1 heterocycles. The first-order valence-corrected chi connectivity index (χ1v) is 9.35. The van der Waals surface area contributed by atoms with Crippen molar-refractivity contribution in [3.8, 4) is 0 Å². The average Bonchev–Trinajstić information content (AvgIpc) is 2.82. The summed E-state index contributed by atoms with van der Waals surface area (Å²) in [6, 6.07) is 1.91. The van der Waals surface area contributed by atoms with Gasteiger partial charge in [0.2, 0.25) is 0 Å². The number of hydrogen-bond donors (Lipinski definition) is 2. The predicted molar refractivity (Wildman–Crippen MR) is 88.3 cm³/mol. The van der Waals surface area contributed by atoms with Gasteiger partial charge in [-0.3, -0.25) is 4.21 Å². The first kappa shape index (κ1) is 17.1. The molecule has 22 heavy (non-hydrogen) atoms. The predicted octanol–water partition coefficient (Wildman–Crippen LogP) is 2.78. The molecule has 2 rings (SSSR count). The van der Waals surface area contributed by atoms with Crippen LogP contribution in [-0.4, -0.2) is 27.3 Å². The van der Waals surface area contributed by atoms with Crippen LogP contribution in [0.15, 0.2) is 10.5 Å². The Morgan fingerprint density at radius 1 is 1.41 bits per heavy atom. The second-order valence-corrected chi connectivity index (χ2v) is 7.93. The molecule has 2 amide bonds. The van der Waals surface area contributed by atoms with Gasteiger partial charge in [-0.2, -0.15) is 0 Å². The van der Waals surface area contributed by atoms with Gasteiger partial charge < -0.3 is 15.1 Å². The van der Waals surface area contributed by atoms with Crippen molar-refractivity contribution in [2.45, 2.75) is 64.3 Å². The summed E-state index contributed by atoms with van der Waals surface area (Å²) in [5.74, 6) is 2.39. The smallest absolute Gasteiger partial charge is 0.315 e. The molecule has 1 fully saturated rings. The molecule has 0 radical (unpaired) electrons. The zero-order valence-corrected chi connectivity index (χ0v) is 14.4. The van der Waals surface area contributed by atoms with Crippen LogP contribution in [0.5, 0.6) is 0 Å². The van der Waals surface area contributed by atoms with E-state index < -0.39 is 10.8 Å². The Balaban J connectivity index is 1.79. The number of amides is 2. The highest BCUT2D eigenvalue weighted by Crippen LogP contribution is 2.23. The maximum atomic E-state index is 12.0. The maximum Gasteiger partial charge on any atom is 0.315 e. The number of rotatable bonds is 5. The van der Waals surface area contributed by atoms with Gasteiger partial charge in [-0.05, 0) is 39.2 Å². The third kappa shape index (κ3) is 4.60. The highest BCUT2D eigenvalue weighted by atomic mass is 32.2. The lowest BCUT2D eigenvalue weighted by Crippen LogP contribution is -2.45. The second-order valence-electron chi connectivity index (χ2n) is 5.92. The van der Waals surface area contributed by atoms with Crippen molar-refractivity contribution in [3.63, 3.8) is 0 Å². The van der Waals surface area contributed by atoms with Crippen LogP contribution in [0, 0.1) is 13.8 Å². The van der Waals surface area contributed by atoms with Gasteiger partial charge in [0.05, 0.1) is 0 Å². The van der Waals surface area contributed by atoms with E-state index in [1.165, 1.54) is 0 Å². The Morgan fingerprint density at radius 3 is 2.82 bits per heavy atom. The molecule has 0 bridgehead atoms. The fourth-order valence-electron chi connectivity index (χ4n) is 3.02. The number of aryl methyl sites for hydroxylation is 2. The Morgan fingerprint density at radius 2 is 2.18 bits per heavy atom. The molecule has 1 aromatic rings. The molecule has 0 aromatic carbocycles. The lowest BCUT2D eigenvalue weighted by atomic mass is 9.95. The minimum atomic E-state index is -0.767. The maximum absolute atomic E-state index is 12.0. The zero-order valence-electron chi connectivity index (χ0n) is 13.6. The van der Waals surface area contributed by atoms with Gasteiger partial charge in [-0.1, -0.05) is 13.3 Å². The highest BCUT2D eigenvalue weighted by Gasteiger charge is 2.26. The van der Waals surface area contributed by atoms with Crippen LogP contribution in [0.4, 0.5) is 4.79 Å². The van der Waals surface area contributed by atoms with Crippen LogP contribution in [0.3, 0.4) is 0 Å². The van der Waals surface area contributed by atoms with Crippen molar-refractivity contribution in [3.05, 3.63) is 23.2 Å². The number of hydrogen-bond acceptors (Lipinski definition) is 3. The number of furan rings is 1. The van der Waals surface area contributed by atoms with Gasteiger partial charge in [-0.25, -0.2) is 4.79 Å². The third-order valence-corrected chi connectivity index (χ3v) is 5.94. The van der Waals surface area contributed by atoms with Crippen molar-refractivity contribution < 1.29 is 13.4 Å². The van der Waals surface area contributed by atoms with Crippen molar-refractivity contribution in [2.24, 2.45) is 0 Å². The fourth-order valence-corrected chi connectivity index (χ4v) is 4.37.